The van der Waals surface area contributed by atoms with Crippen LogP contribution in [0.3, 0.4) is 0 Å². The van der Waals surface area contributed by atoms with Crippen LogP contribution in [0.5, 0.6) is 0 Å². The Bertz CT molecular complexity index is 164. The zero-order valence-electron chi connectivity index (χ0n) is 12.9. The Balaban J connectivity index is 3.10. The Morgan fingerprint density at radius 1 is 0.684 bits per heavy atom. The monoisotopic (exact) mass is 272 g/mol. The summed E-state index contributed by atoms with van der Waals surface area (Å²) in [6, 6.07) is 0. The largest absolute Gasteiger partial charge is 0.330 e. The molecule has 1 atom stereocenters. The number of unbranched alkanes of at least 4 members (excludes halogenated alkanes) is 1. The molecular formula is C15H36N4. The maximum Gasteiger partial charge on any atom is -0.00369 e. The van der Waals surface area contributed by atoms with Crippen molar-refractivity contribution in [2.45, 2.75) is 51.9 Å². The van der Waals surface area contributed by atoms with Gasteiger partial charge >= 0.3 is 0 Å². The fourth-order valence-electron chi connectivity index (χ4n) is 2.17. The molecule has 0 heterocycles. The molecule has 0 saturated carbocycles. The van der Waals surface area contributed by atoms with Gasteiger partial charge in [0.1, 0.15) is 0 Å². The van der Waals surface area contributed by atoms with E-state index in [2.05, 4.69) is 17.6 Å². The molecule has 4 heteroatoms. The van der Waals surface area contributed by atoms with Crippen LogP contribution >= 0.6 is 0 Å². The molecule has 0 aromatic carbocycles. The highest BCUT2D eigenvalue weighted by atomic mass is 14.8. The van der Waals surface area contributed by atoms with Crippen LogP contribution in [0.1, 0.15) is 51.9 Å². The van der Waals surface area contributed by atoms with Gasteiger partial charge in [0.25, 0.3) is 0 Å². The number of nitrogens with two attached hydrogens (primary N) is 2. The molecular weight excluding hydrogens is 236 g/mol. The first-order valence-corrected chi connectivity index (χ1v) is 8.12. The van der Waals surface area contributed by atoms with Crippen LogP contribution in [0, 0.1) is 5.92 Å². The molecule has 1 unspecified atom stereocenters. The maximum atomic E-state index is 5.45. The minimum atomic E-state index is 0.794. The smallest absolute Gasteiger partial charge is 0.00369 e. The number of rotatable bonds is 15. The molecule has 0 spiro atoms. The van der Waals surface area contributed by atoms with E-state index in [4.69, 9.17) is 11.5 Å². The molecule has 116 valence electrons. The number of hydrogen-bond donors (Lipinski definition) is 4. The van der Waals surface area contributed by atoms with Crippen LogP contribution in [0.15, 0.2) is 0 Å². The summed E-state index contributed by atoms with van der Waals surface area (Å²) in [5.41, 5.74) is 10.9. The highest BCUT2D eigenvalue weighted by molar-refractivity contribution is 4.58. The third-order valence-corrected chi connectivity index (χ3v) is 3.47. The van der Waals surface area contributed by atoms with Gasteiger partial charge in [-0.3, -0.25) is 0 Å². The topological polar surface area (TPSA) is 76.1 Å². The predicted molar refractivity (Wildman–Crippen MR) is 85.3 cm³/mol. The second-order valence-electron chi connectivity index (χ2n) is 5.53. The first-order valence-electron chi connectivity index (χ1n) is 8.12. The SMILES string of the molecule is CC(CCCCNCCCN)CCCNCCCN. The van der Waals surface area contributed by atoms with Gasteiger partial charge in [-0.25, -0.2) is 0 Å². The fourth-order valence-corrected chi connectivity index (χ4v) is 2.17. The normalized spacial score (nSPS) is 12.8. The van der Waals surface area contributed by atoms with Gasteiger partial charge in [0.05, 0.1) is 0 Å². The third kappa shape index (κ3) is 15.8. The summed E-state index contributed by atoms with van der Waals surface area (Å²) in [6.07, 6.45) is 8.82. The van der Waals surface area contributed by atoms with Gasteiger partial charge in [-0.2, -0.15) is 0 Å². The second-order valence-corrected chi connectivity index (χ2v) is 5.53. The molecule has 6 N–H and O–H groups in total. The molecule has 0 aliphatic carbocycles. The van der Waals surface area contributed by atoms with Crippen molar-refractivity contribution in [3.05, 3.63) is 0 Å². The molecule has 4 nitrogen and oxygen atoms in total. The van der Waals surface area contributed by atoms with Crippen LogP contribution in [0.4, 0.5) is 0 Å². The summed E-state index contributed by atoms with van der Waals surface area (Å²) in [6.45, 7) is 8.39. The Kier molecular flexibility index (Phi) is 15.8. The summed E-state index contributed by atoms with van der Waals surface area (Å²) in [5, 5.41) is 6.87. The molecule has 0 aromatic rings. The van der Waals surface area contributed by atoms with Crippen LogP contribution in [-0.4, -0.2) is 39.3 Å². The van der Waals surface area contributed by atoms with E-state index >= 15 is 0 Å². The van der Waals surface area contributed by atoms with Crippen molar-refractivity contribution in [3.8, 4) is 0 Å². The molecule has 0 radical (unpaired) electrons. The minimum Gasteiger partial charge on any atom is -0.330 e. The van der Waals surface area contributed by atoms with Crippen molar-refractivity contribution in [2.75, 3.05) is 39.3 Å². The van der Waals surface area contributed by atoms with Gasteiger partial charge < -0.3 is 22.1 Å². The van der Waals surface area contributed by atoms with Gasteiger partial charge in [-0.05, 0) is 77.3 Å². The Hall–Kier alpha value is -0.160. The molecule has 0 amide bonds. The fraction of sp³-hybridized carbons (Fsp3) is 1.00. The summed E-state index contributed by atoms with van der Waals surface area (Å²) < 4.78 is 0. The molecule has 0 saturated heterocycles. The lowest BCUT2D eigenvalue weighted by Gasteiger charge is -2.11. The van der Waals surface area contributed by atoms with Crippen molar-refractivity contribution in [3.63, 3.8) is 0 Å². The summed E-state index contributed by atoms with van der Waals surface area (Å²) >= 11 is 0. The molecule has 19 heavy (non-hydrogen) atoms. The zero-order valence-corrected chi connectivity index (χ0v) is 12.9. The molecule has 0 aliphatic rings. The average Bonchev–Trinajstić information content (AvgIpc) is 2.41. The van der Waals surface area contributed by atoms with E-state index in [1.54, 1.807) is 0 Å². The van der Waals surface area contributed by atoms with Crippen LogP contribution in [-0.2, 0) is 0 Å². The number of hydrogen-bond acceptors (Lipinski definition) is 4. The molecule has 0 bridgehead atoms. The van der Waals surface area contributed by atoms with Crippen molar-refractivity contribution < 1.29 is 0 Å². The van der Waals surface area contributed by atoms with Crippen LogP contribution < -0.4 is 22.1 Å². The second kappa shape index (κ2) is 15.9. The standard InChI is InChI=1S/C15H36N4/c1-15(8-4-12-19-14-6-10-17)7-2-3-11-18-13-5-9-16/h15,18-19H,2-14,16-17H2,1H3. The van der Waals surface area contributed by atoms with E-state index in [0.717, 1.165) is 58.0 Å². The van der Waals surface area contributed by atoms with Gasteiger partial charge in [-0.1, -0.05) is 19.8 Å². The van der Waals surface area contributed by atoms with Gasteiger partial charge in [-0.15, -0.1) is 0 Å². The molecule has 0 aromatic heterocycles. The average molecular weight is 272 g/mol. The first-order chi connectivity index (χ1) is 9.31. The highest BCUT2D eigenvalue weighted by Crippen LogP contribution is 2.13. The van der Waals surface area contributed by atoms with E-state index in [9.17, 15) is 0 Å². The van der Waals surface area contributed by atoms with Crippen molar-refractivity contribution in [2.24, 2.45) is 17.4 Å². The van der Waals surface area contributed by atoms with Gasteiger partial charge in [0.15, 0.2) is 0 Å². The van der Waals surface area contributed by atoms with E-state index in [1.807, 2.05) is 0 Å². The lowest BCUT2D eigenvalue weighted by molar-refractivity contribution is 0.439. The van der Waals surface area contributed by atoms with Crippen molar-refractivity contribution in [1.29, 1.82) is 0 Å². The lowest BCUT2D eigenvalue weighted by Crippen LogP contribution is -2.20. The third-order valence-electron chi connectivity index (χ3n) is 3.47. The van der Waals surface area contributed by atoms with Gasteiger partial charge in [0, 0.05) is 0 Å². The van der Waals surface area contributed by atoms with Crippen LogP contribution in [0.25, 0.3) is 0 Å². The highest BCUT2D eigenvalue weighted by Gasteiger charge is 2.01. The Morgan fingerprint density at radius 3 is 1.74 bits per heavy atom. The quantitative estimate of drug-likeness (QED) is 0.340. The molecule has 0 fully saturated rings. The predicted octanol–water partition coefficient (Wildman–Crippen LogP) is 1.45. The lowest BCUT2D eigenvalue weighted by atomic mass is 9.99. The summed E-state index contributed by atoms with van der Waals surface area (Å²) in [7, 11) is 0. The number of nitrogens with one attached hydrogen (secondary N) is 2. The Labute approximate surface area is 120 Å². The zero-order chi connectivity index (χ0) is 14.2. The van der Waals surface area contributed by atoms with Crippen molar-refractivity contribution >= 4 is 0 Å². The van der Waals surface area contributed by atoms with E-state index < -0.39 is 0 Å². The maximum absolute atomic E-state index is 5.45. The molecule has 0 aliphatic heterocycles. The summed E-state index contributed by atoms with van der Waals surface area (Å²) in [5.74, 6) is 0.861. The van der Waals surface area contributed by atoms with E-state index in [0.29, 0.717) is 0 Å². The van der Waals surface area contributed by atoms with Crippen molar-refractivity contribution in [1.82, 2.24) is 10.6 Å². The summed E-state index contributed by atoms with van der Waals surface area (Å²) in [4.78, 5) is 0. The first kappa shape index (κ1) is 18.8. The minimum absolute atomic E-state index is 0.794. The molecule has 0 rings (SSSR count). The van der Waals surface area contributed by atoms with E-state index in [-0.39, 0.29) is 0 Å². The van der Waals surface area contributed by atoms with Crippen LogP contribution in [0.2, 0.25) is 0 Å². The van der Waals surface area contributed by atoms with E-state index in [1.165, 1.54) is 32.1 Å². The Morgan fingerprint density at radius 2 is 1.16 bits per heavy atom. The van der Waals surface area contributed by atoms with Gasteiger partial charge in [0.2, 0.25) is 0 Å².